The second kappa shape index (κ2) is 7.85. The molecule has 2 heterocycles. The van der Waals surface area contributed by atoms with E-state index in [0.29, 0.717) is 5.82 Å². The van der Waals surface area contributed by atoms with Crippen molar-refractivity contribution in [3.8, 4) is 0 Å². The van der Waals surface area contributed by atoms with E-state index >= 15 is 0 Å². The molecule has 1 amide bonds. The summed E-state index contributed by atoms with van der Waals surface area (Å²) in [7, 11) is -3.95. The van der Waals surface area contributed by atoms with Gasteiger partial charge in [0.05, 0.1) is 18.9 Å². The number of carbonyl (C=O) groups is 1. The smallest absolute Gasteiger partial charge is 0.248 e. The highest BCUT2D eigenvalue weighted by atomic mass is 32.2. The summed E-state index contributed by atoms with van der Waals surface area (Å²) in [5.74, 6) is -0.935. The lowest BCUT2D eigenvalue weighted by Crippen LogP contribution is -2.47. The normalized spacial score (nSPS) is 15.5. The van der Waals surface area contributed by atoms with Gasteiger partial charge in [0.2, 0.25) is 15.9 Å². The third-order valence-electron chi connectivity index (χ3n) is 4.74. The predicted octanol–water partition coefficient (Wildman–Crippen LogP) is 3.27. The largest absolute Gasteiger partial charge is 0.322 e. The molecular formula is C21H19FN4O3S. The molecule has 0 unspecified atom stereocenters. The highest BCUT2D eigenvalue weighted by Gasteiger charge is 2.38. The van der Waals surface area contributed by atoms with Crippen molar-refractivity contribution >= 4 is 33.1 Å². The third-order valence-corrected chi connectivity index (χ3v) is 6.54. The van der Waals surface area contributed by atoms with Crippen molar-refractivity contribution in [2.75, 3.05) is 23.4 Å². The number of carbonyl (C=O) groups excluding carboxylic acids is 1. The zero-order valence-corrected chi connectivity index (χ0v) is 16.9. The molecule has 9 heteroatoms. The van der Waals surface area contributed by atoms with Crippen molar-refractivity contribution in [3.05, 3.63) is 78.2 Å². The Labute approximate surface area is 173 Å². The van der Waals surface area contributed by atoms with Gasteiger partial charge in [-0.15, -0.1) is 0 Å². The predicted molar refractivity (Wildman–Crippen MR) is 111 cm³/mol. The number of para-hydroxylation sites is 1. The first-order chi connectivity index (χ1) is 14.4. The molecule has 1 aromatic heterocycles. The van der Waals surface area contributed by atoms with Crippen LogP contribution in [0.2, 0.25) is 0 Å². The number of nitrogens with one attached hydrogen (secondary N) is 1. The van der Waals surface area contributed by atoms with Crippen molar-refractivity contribution < 1.29 is 17.6 Å². The molecule has 3 aromatic rings. The highest BCUT2D eigenvalue weighted by Crippen LogP contribution is 2.36. The van der Waals surface area contributed by atoms with Gasteiger partial charge in [-0.2, -0.15) is 4.31 Å². The van der Waals surface area contributed by atoms with Crippen molar-refractivity contribution in [3.63, 3.8) is 0 Å². The number of fused-ring (bicyclic) bond motifs is 1. The van der Waals surface area contributed by atoms with Crippen LogP contribution in [0.25, 0.3) is 0 Å². The minimum atomic E-state index is -3.95. The SMILES string of the molecule is Cc1ccc(N2CN(CC(=O)Nc3ccccc3F)S(=O)(=O)c3cccnc32)cc1. The van der Waals surface area contributed by atoms with E-state index in [9.17, 15) is 17.6 Å². The Bertz CT molecular complexity index is 1200. The molecule has 0 spiro atoms. The standard InChI is InChI=1S/C21H19FN4O3S/c1-15-8-10-16(11-9-15)26-14-25(30(28,29)19-7-4-12-23-21(19)26)13-20(27)24-18-6-3-2-5-17(18)22/h2-12H,13-14H2,1H3,(H,24,27). The van der Waals surface area contributed by atoms with Gasteiger partial charge in [0.1, 0.15) is 10.7 Å². The van der Waals surface area contributed by atoms with Crippen molar-refractivity contribution in [1.82, 2.24) is 9.29 Å². The van der Waals surface area contributed by atoms with E-state index in [0.717, 1.165) is 15.6 Å². The van der Waals surface area contributed by atoms with Crippen LogP contribution < -0.4 is 10.2 Å². The van der Waals surface area contributed by atoms with Crippen molar-refractivity contribution in [1.29, 1.82) is 0 Å². The number of hydrogen-bond acceptors (Lipinski definition) is 5. The molecule has 7 nitrogen and oxygen atoms in total. The molecule has 30 heavy (non-hydrogen) atoms. The Balaban J connectivity index is 1.66. The van der Waals surface area contributed by atoms with Crippen molar-refractivity contribution in [2.45, 2.75) is 11.8 Å². The quantitative estimate of drug-likeness (QED) is 0.692. The Kier molecular flexibility index (Phi) is 5.23. The Morgan fingerprint density at radius 2 is 1.83 bits per heavy atom. The van der Waals surface area contributed by atoms with Gasteiger partial charge >= 0.3 is 0 Å². The van der Waals surface area contributed by atoms with Crippen LogP contribution in [0.3, 0.4) is 0 Å². The second-order valence-electron chi connectivity index (χ2n) is 6.87. The minimum Gasteiger partial charge on any atom is -0.322 e. The van der Waals surface area contributed by atoms with Crippen LogP contribution in [-0.2, 0) is 14.8 Å². The molecule has 1 aliphatic heterocycles. The van der Waals surface area contributed by atoms with E-state index in [2.05, 4.69) is 10.3 Å². The molecule has 0 radical (unpaired) electrons. The maximum absolute atomic E-state index is 13.8. The number of benzene rings is 2. The zero-order chi connectivity index (χ0) is 21.3. The van der Waals surface area contributed by atoms with Crippen molar-refractivity contribution in [2.24, 2.45) is 0 Å². The molecule has 4 rings (SSSR count). The lowest BCUT2D eigenvalue weighted by Gasteiger charge is -2.36. The minimum absolute atomic E-state index is 0.00522. The van der Waals surface area contributed by atoms with E-state index in [1.807, 2.05) is 31.2 Å². The first-order valence-electron chi connectivity index (χ1n) is 9.20. The van der Waals surface area contributed by atoms with Gasteiger partial charge in [-0.3, -0.25) is 4.79 Å². The Hall–Kier alpha value is -3.30. The van der Waals surface area contributed by atoms with Crippen LogP contribution in [0, 0.1) is 12.7 Å². The number of halogens is 1. The maximum atomic E-state index is 13.8. The average molecular weight is 426 g/mol. The molecule has 1 aliphatic rings. The summed E-state index contributed by atoms with van der Waals surface area (Å²) >= 11 is 0. The van der Waals surface area contributed by atoms with E-state index < -0.39 is 28.3 Å². The Morgan fingerprint density at radius 1 is 1.10 bits per heavy atom. The maximum Gasteiger partial charge on any atom is 0.248 e. The molecular weight excluding hydrogens is 407 g/mol. The number of anilines is 3. The Morgan fingerprint density at radius 3 is 2.57 bits per heavy atom. The summed E-state index contributed by atoms with van der Waals surface area (Å²) < 4.78 is 41.1. The van der Waals surface area contributed by atoms with Gasteiger partial charge in [0.15, 0.2) is 5.82 Å². The molecule has 0 fully saturated rings. The number of rotatable bonds is 4. The average Bonchev–Trinajstić information content (AvgIpc) is 2.73. The van der Waals surface area contributed by atoms with Crippen LogP contribution >= 0.6 is 0 Å². The van der Waals surface area contributed by atoms with E-state index in [1.165, 1.54) is 36.5 Å². The summed E-state index contributed by atoms with van der Waals surface area (Å²) in [6.07, 6.45) is 1.52. The molecule has 0 saturated carbocycles. The molecule has 0 aliphatic carbocycles. The zero-order valence-electron chi connectivity index (χ0n) is 16.1. The van der Waals surface area contributed by atoms with E-state index in [-0.39, 0.29) is 17.3 Å². The van der Waals surface area contributed by atoms with Gasteiger partial charge in [-0.1, -0.05) is 29.8 Å². The first-order valence-corrected chi connectivity index (χ1v) is 10.6. The molecule has 2 aromatic carbocycles. The lowest BCUT2D eigenvalue weighted by atomic mass is 10.2. The van der Waals surface area contributed by atoms with Crippen LogP contribution in [0.1, 0.15) is 5.56 Å². The van der Waals surface area contributed by atoms with Crippen LogP contribution in [0.15, 0.2) is 71.8 Å². The summed E-state index contributed by atoms with van der Waals surface area (Å²) in [4.78, 5) is 18.5. The number of aromatic nitrogens is 1. The van der Waals surface area contributed by atoms with Gasteiger partial charge in [-0.25, -0.2) is 17.8 Å². The van der Waals surface area contributed by atoms with Gasteiger partial charge < -0.3 is 10.2 Å². The fourth-order valence-corrected chi connectivity index (χ4v) is 4.68. The number of amides is 1. The van der Waals surface area contributed by atoms with Crippen LogP contribution in [-0.4, -0.2) is 36.8 Å². The summed E-state index contributed by atoms with van der Waals surface area (Å²) in [6, 6.07) is 16.3. The summed E-state index contributed by atoms with van der Waals surface area (Å²) in [5.41, 5.74) is 1.80. The molecule has 154 valence electrons. The topological polar surface area (TPSA) is 82.6 Å². The summed E-state index contributed by atoms with van der Waals surface area (Å²) in [6.45, 7) is 1.39. The number of sulfonamides is 1. The van der Waals surface area contributed by atoms with Gasteiger partial charge in [0.25, 0.3) is 0 Å². The molecule has 1 N–H and O–H groups in total. The lowest BCUT2D eigenvalue weighted by molar-refractivity contribution is -0.116. The number of hydrogen-bond donors (Lipinski definition) is 1. The van der Waals surface area contributed by atoms with Gasteiger partial charge in [0, 0.05) is 11.9 Å². The van der Waals surface area contributed by atoms with Gasteiger partial charge in [-0.05, 0) is 43.3 Å². The monoisotopic (exact) mass is 426 g/mol. The van der Waals surface area contributed by atoms with E-state index in [1.54, 1.807) is 11.0 Å². The first kappa shape index (κ1) is 20.0. The van der Waals surface area contributed by atoms with E-state index in [4.69, 9.17) is 0 Å². The molecule has 0 saturated heterocycles. The highest BCUT2D eigenvalue weighted by molar-refractivity contribution is 7.89. The number of pyridine rings is 1. The third kappa shape index (κ3) is 3.77. The van der Waals surface area contributed by atoms with Crippen LogP contribution in [0.5, 0.6) is 0 Å². The second-order valence-corrected chi connectivity index (χ2v) is 8.78. The molecule has 0 atom stereocenters. The fraction of sp³-hybridized carbons (Fsp3) is 0.143. The molecule has 0 bridgehead atoms. The number of aryl methyl sites for hydroxylation is 1. The number of nitrogens with zero attached hydrogens (tertiary/aromatic N) is 3. The fourth-order valence-electron chi connectivity index (χ4n) is 3.20. The summed E-state index contributed by atoms with van der Waals surface area (Å²) in [5, 5.41) is 2.43. The van der Waals surface area contributed by atoms with Crippen LogP contribution in [0.4, 0.5) is 21.6 Å².